The Morgan fingerprint density at radius 3 is 2.65 bits per heavy atom. The van der Waals surface area contributed by atoms with Gasteiger partial charge in [-0.25, -0.2) is 4.68 Å². The van der Waals surface area contributed by atoms with Gasteiger partial charge >= 0.3 is 0 Å². The lowest BCUT2D eigenvalue weighted by atomic mass is 10.2. The van der Waals surface area contributed by atoms with Crippen molar-refractivity contribution in [2.45, 2.75) is 23.6 Å². The van der Waals surface area contributed by atoms with Gasteiger partial charge in [0.2, 0.25) is 5.91 Å². The molecule has 3 rings (SSSR count). The summed E-state index contributed by atoms with van der Waals surface area (Å²) in [5.74, 6) is 1.74. The van der Waals surface area contributed by atoms with E-state index in [1.54, 1.807) is 54.9 Å². The van der Waals surface area contributed by atoms with Crippen LogP contribution in [0, 0.1) is 0 Å². The molecule has 0 aliphatic rings. The molecule has 1 N–H and O–H groups in total. The number of anilines is 1. The van der Waals surface area contributed by atoms with Gasteiger partial charge in [-0.15, -0.1) is 23.4 Å². The average molecular weight is 459 g/mol. The van der Waals surface area contributed by atoms with Gasteiger partial charge in [0, 0.05) is 16.3 Å². The molecule has 162 valence electrons. The highest BCUT2D eigenvalue weighted by atomic mass is 35.5. The molecule has 0 saturated carbocycles. The SMILES string of the molecule is C=CCn1nnc(CSc2ccc(OC)cc2)c1CC(=O)Nc1ccc(OC)c(Cl)c1. The first-order chi connectivity index (χ1) is 15.0. The number of carbonyl (C=O) groups excluding carboxylic acids is 1. The molecule has 7 nitrogen and oxygen atoms in total. The minimum atomic E-state index is -0.190. The van der Waals surface area contributed by atoms with E-state index in [-0.39, 0.29) is 12.3 Å². The Hall–Kier alpha value is -2.97. The molecule has 0 saturated heterocycles. The molecule has 9 heteroatoms. The summed E-state index contributed by atoms with van der Waals surface area (Å²) in [5.41, 5.74) is 2.09. The van der Waals surface area contributed by atoms with Crippen molar-refractivity contribution in [1.82, 2.24) is 15.0 Å². The van der Waals surface area contributed by atoms with Gasteiger partial charge in [0.25, 0.3) is 0 Å². The predicted octanol–water partition coefficient (Wildman–Crippen LogP) is 4.61. The topological polar surface area (TPSA) is 78.3 Å². The van der Waals surface area contributed by atoms with Gasteiger partial charge in [-0.05, 0) is 42.5 Å². The molecule has 0 spiro atoms. The normalized spacial score (nSPS) is 10.5. The number of nitrogens with zero attached hydrogens (tertiary/aromatic N) is 3. The second kappa shape index (κ2) is 10.9. The van der Waals surface area contributed by atoms with E-state index in [1.165, 1.54) is 0 Å². The fourth-order valence-corrected chi connectivity index (χ4v) is 3.98. The molecule has 0 bridgehead atoms. The monoisotopic (exact) mass is 458 g/mol. The second-order valence-corrected chi connectivity index (χ2v) is 7.95. The Labute approximate surface area is 190 Å². The molecular weight excluding hydrogens is 436 g/mol. The van der Waals surface area contributed by atoms with Gasteiger partial charge in [0.1, 0.15) is 11.5 Å². The largest absolute Gasteiger partial charge is 0.497 e. The fraction of sp³-hybridized carbons (Fsp3) is 0.227. The molecule has 0 fully saturated rings. The van der Waals surface area contributed by atoms with Crippen LogP contribution in [0.5, 0.6) is 11.5 Å². The zero-order valence-electron chi connectivity index (χ0n) is 17.3. The zero-order valence-corrected chi connectivity index (χ0v) is 18.9. The molecule has 3 aromatic rings. The van der Waals surface area contributed by atoms with Crippen LogP contribution in [-0.2, 0) is 23.5 Å². The zero-order chi connectivity index (χ0) is 22.2. The number of rotatable bonds is 10. The highest BCUT2D eigenvalue weighted by Crippen LogP contribution is 2.28. The molecule has 0 aliphatic heterocycles. The average Bonchev–Trinajstić information content (AvgIpc) is 3.14. The van der Waals surface area contributed by atoms with Crippen LogP contribution in [-0.4, -0.2) is 35.1 Å². The van der Waals surface area contributed by atoms with Gasteiger partial charge in [0.15, 0.2) is 0 Å². The standard InChI is InChI=1S/C22H23ClN4O3S/c1-4-11-27-20(13-22(28)24-15-5-10-21(30-3)18(23)12-15)19(25-26-27)14-31-17-8-6-16(29-2)7-9-17/h4-10,12H,1,11,13-14H2,2-3H3,(H,24,28). The number of halogens is 1. The summed E-state index contributed by atoms with van der Waals surface area (Å²) in [5, 5.41) is 11.8. The van der Waals surface area contributed by atoms with Crippen molar-refractivity contribution in [1.29, 1.82) is 0 Å². The Morgan fingerprint density at radius 2 is 2.00 bits per heavy atom. The minimum Gasteiger partial charge on any atom is -0.497 e. The minimum absolute atomic E-state index is 0.128. The molecular formula is C22H23ClN4O3S. The van der Waals surface area contributed by atoms with E-state index in [1.807, 2.05) is 24.3 Å². The van der Waals surface area contributed by atoms with E-state index in [4.69, 9.17) is 21.1 Å². The Morgan fingerprint density at radius 1 is 1.23 bits per heavy atom. The van der Waals surface area contributed by atoms with Gasteiger partial charge in [-0.2, -0.15) is 0 Å². The van der Waals surface area contributed by atoms with Crippen LogP contribution < -0.4 is 14.8 Å². The predicted molar refractivity (Wildman–Crippen MR) is 123 cm³/mol. The quantitative estimate of drug-likeness (QED) is 0.353. The van der Waals surface area contributed by atoms with E-state index >= 15 is 0 Å². The van der Waals surface area contributed by atoms with Gasteiger partial charge in [0.05, 0.1) is 43.6 Å². The van der Waals surface area contributed by atoms with Crippen LogP contribution in [0.2, 0.25) is 5.02 Å². The Kier molecular flexibility index (Phi) is 7.97. The van der Waals surface area contributed by atoms with E-state index in [9.17, 15) is 4.79 Å². The summed E-state index contributed by atoms with van der Waals surface area (Å²) in [4.78, 5) is 13.8. The lowest BCUT2D eigenvalue weighted by molar-refractivity contribution is -0.115. The molecule has 1 amide bonds. The number of aromatic nitrogens is 3. The van der Waals surface area contributed by atoms with Crippen LogP contribution in [0.15, 0.2) is 60.0 Å². The van der Waals surface area contributed by atoms with Crippen molar-refractivity contribution in [2.24, 2.45) is 0 Å². The lowest BCUT2D eigenvalue weighted by Gasteiger charge is -2.10. The van der Waals surface area contributed by atoms with Crippen molar-refractivity contribution in [3.05, 3.63) is 71.5 Å². The molecule has 0 radical (unpaired) electrons. The first-order valence-electron chi connectivity index (χ1n) is 9.46. The van der Waals surface area contributed by atoms with Crippen molar-refractivity contribution in [3.63, 3.8) is 0 Å². The highest BCUT2D eigenvalue weighted by Gasteiger charge is 2.17. The summed E-state index contributed by atoms with van der Waals surface area (Å²) < 4.78 is 12.0. The number of benzene rings is 2. The van der Waals surface area contributed by atoms with Crippen molar-refractivity contribution in [2.75, 3.05) is 19.5 Å². The van der Waals surface area contributed by atoms with E-state index in [2.05, 4.69) is 22.2 Å². The molecule has 1 heterocycles. The summed E-state index contributed by atoms with van der Waals surface area (Å²) in [6.45, 7) is 4.23. The summed E-state index contributed by atoms with van der Waals surface area (Å²) >= 11 is 7.76. The Bertz CT molecular complexity index is 1050. The van der Waals surface area contributed by atoms with Gasteiger partial charge in [-0.3, -0.25) is 4.79 Å². The number of allylic oxidation sites excluding steroid dienone is 1. The third kappa shape index (κ3) is 6.02. The maximum Gasteiger partial charge on any atom is 0.230 e. The van der Waals surface area contributed by atoms with E-state index in [0.29, 0.717) is 28.8 Å². The number of amides is 1. The molecule has 0 atom stereocenters. The summed E-state index contributed by atoms with van der Waals surface area (Å²) in [6, 6.07) is 12.9. The molecule has 1 aromatic heterocycles. The van der Waals surface area contributed by atoms with Crippen LogP contribution in [0.25, 0.3) is 0 Å². The highest BCUT2D eigenvalue weighted by molar-refractivity contribution is 7.98. The smallest absolute Gasteiger partial charge is 0.230 e. The number of thioether (sulfide) groups is 1. The number of carbonyl (C=O) groups is 1. The van der Waals surface area contributed by atoms with Gasteiger partial charge < -0.3 is 14.8 Å². The number of hydrogen-bond donors (Lipinski definition) is 1. The maximum atomic E-state index is 12.7. The van der Waals surface area contributed by atoms with Crippen LogP contribution >= 0.6 is 23.4 Å². The van der Waals surface area contributed by atoms with Crippen LogP contribution in [0.4, 0.5) is 5.69 Å². The third-order valence-electron chi connectivity index (χ3n) is 4.42. The Balaban J connectivity index is 1.71. The number of nitrogens with one attached hydrogen (secondary N) is 1. The summed E-state index contributed by atoms with van der Waals surface area (Å²) in [7, 11) is 3.18. The van der Waals surface area contributed by atoms with Crippen molar-refractivity contribution in [3.8, 4) is 11.5 Å². The van der Waals surface area contributed by atoms with Crippen LogP contribution in [0.1, 0.15) is 11.4 Å². The van der Waals surface area contributed by atoms with Crippen LogP contribution in [0.3, 0.4) is 0 Å². The number of ether oxygens (including phenoxy) is 2. The molecule has 0 aliphatic carbocycles. The summed E-state index contributed by atoms with van der Waals surface area (Å²) in [6.07, 6.45) is 1.85. The lowest BCUT2D eigenvalue weighted by Crippen LogP contribution is -2.18. The first-order valence-corrected chi connectivity index (χ1v) is 10.8. The third-order valence-corrected chi connectivity index (χ3v) is 5.74. The fourth-order valence-electron chi connectivity index (χ4n) is 2.87. The molecule has 2 aromatic carbocycles. The second-order valence-electron chi connectivity index (χ2n) is 6.49. The molecule has 31 heavy (non-hydrogen) atoms. The number of hydrogen-bond acceptors (Lipinski definition) is 6. The van der Waals surface area contributed by atoms with Crippen molar-refractivity contribution < 1.29 is 14.3 Å². The first kappa shape index (κ1) is 22.7. The van der Waals surface area contributed by atoms with E-state index in [0.717, 1.165) is 22.0 Å². The maximum absolute atomic E-state index is 12.7. The van der Waals surface area contributed by atoms with Gasteiger partial charge in [-0.1, -0.05) is 22.9 Å². The number of methoxy groups -OCH3 is 2. The molecule has 0 unspecified atom stereocenters. The van der Waals surface area contributed by atoms with Crippen molar-refractivity contribution >= 4 is 35.0 Å². The van der Waals surface area contributed by atoms with E-state index < -0.39 is 0 Å².